The largest absolute Gasteiger partial charge is 0.347 e. The van der Waals surface area contributed by atoms with Gasteiger partial charge in [0.25, 0.3) is 11.6 Å². The van der Waals surface area contributed by atoms with Crippen LogP contribution in [-0.4, -0.2) is 15.8 Å². The summed E-state index contributed by atoms with van der Waals surface area (Å²) >= 11 is 7.33. The number of nitro groups is 1. The van der Waals surface area contributed by atoms with Gasteiger partial charge in [-0.25, -0.2) is 4.98 Å². The Balaban J connectivity index is 2.15. The van der Waals surface area contributed by atoms with E-state index in [0.29, 0.717) is 6.54 Å². The molecule has 1 N–H and O–H groups in total. The van der Waals surface area contributed by atoms with Crippen LogP contribution in [-0.2, 0) is 6.54 Å². The lowest BCUT2D eigenvalue weighted by atomic mass is 10.2. The highest BCUT2D eigenvalue weighted by atomic mass is 35.5. The maximum absolute atomic E-state index is 12.0. The summed E-state index contributed by atoms with van der Waals surface area (Å²) in [6.07, 6.45) is 0. The second-order valence-electron chi connectivity index (χ2n) is 3.96. The van der Waals surface area contributed by atoms with Gasteiger partial charge in [0.15, 0.2) is 0 Å². The number of halogens is 1. The first-order valence-corrected chi connectivity index (χ1v) is 6.86. The van der Waals surface area contributed by atoms with Gasteiger partial charge in [0.05, 0.1) is 33.3 Å². The van der Waals surface area contributed by atoms with Gasteiger partial charge in [-0.05, 0) is 13.0 Å². The number of aryl methyl sites for hydroxylation is 1. The van der Waals surface area contributed by atoms with Crippen molar-refractivity contribution in [3.8, 4) is 0 Å². The van der Waals surface area contributed by atoms with Crippen molar-refractivity contribution in [3.05, 3.63) is 55.0 Å². The molecule has 1 amide bonds. The fraction of sp³-hybridized carbons (Fsp3) is 0.167. The molecule has 0 aliphatic heterocycles. The van der Waals surface area contributed by atoms with Crippen LogP contribution in [0.25, 0.3) is 0 Å². The van der Waals surface area contributed by atoms with Crippen LogP contribution in [0, 0.1) is 17.0 Å². The summed E-state index contributed by atoms with van der Waals surface area (Å²) in [5.74, 6) is -0.452. The van der Waals surface area contributed by atoms with Gasteiger partial charge >= 0.3 is 0 Å². The maximum Gasteiger partial charge on any atom is 0.270 e. The normalized spacial score (nSPS) is 10.3. The Hall–Kier alpha value is -1.99. The van der Waals surface area contributed by atoms with Crippen LogP contribution < -0.4 is 5.32 Å². The maximum atomic E-state index is 12.0. The highest BCUT2D eigenvalue weighted by molar-refractivity contribution is 7.09. The average molecular weight is 312 g/mol. The van der Waals surface area contributed by atoms with Gasteiger partial charge in [0, 0.05) is 17.0 Å². The Morgan fingerprint density at radius 2 is 2.30 bits per heavy atom. The van der Waals surface area contributed by atoms with Crippen LogP contribution in [0.4, 0.5) is 5.69 Å². The van der Waals surface area contributed by atoms with Crippen LogP contribution >= 0.6 is 22.9 Å². The number of nitro benzene ring substituents is 1. The number of carbonyl (C=O) groups excluding carboxylic acids is 1. The Kier molecular flexibility index (Phi) is 4.31. The summed E-state index contributed by atoms with van der Waals surface area (Å²) in [7, 11) is 0. The van der Waals surface area contributed by atoms with Crippen molar-refractivity contribution in [2.75, 3.05) is 0 Å². The van der Waals surface area contributed by atoms with Crippen molar-refractivity contribution in [1.82, 2.24) is 10.3 Å². The molecule has 2 aromatic rings. The molecule has 1 heterocycles. The average Bonchev–Trinajstić information content (AvgIpc) is 2.81. The second kappa shape index (κ2) is 5.98. The molecule has 2 rings (SSSR count). The van der Waals surface area contributed by atoms with Crippen molar-refractivity contribution in [2.24, 2.45) is 0 Å². The number of thiazole rings is 1. The van der Waals surface area contributed by atoms with E-state index in [9.17, 15) is 14.9 Å². The third-order valence-corrected chi connectivity index (χ3v) is 3.92. The Bertz CT molecular complexity index is 672. The van der Waals surface area contributed by atoms with E-state index in [1.807, 2.05) is 6.92 Å². The zero-order valence-corrected chi connectivity index (χ0v) is 12.0. The summed E-state index contributed by atoms with van der Waals surface area (Å²) in [6.45, 7) is 2.16. The number of hydrogen-bond donors (Lipinski definition) is 1. The molecule has 0 fully saturated rings. The van der Waals surface area contributed by atoms with Crippen LogP contribution in [0.3, 0.4) is 0 Å². The highest BCUT2D eigenvalue weighted by Crippen LogP contribution is 2.22. The lowest BCUT2D eigenvalue weighted by Crippen LogP contribution is -2.23. The van der Waals surface area contributed by atoms with Gasteiger partial charge in [-0.15, -0.1) is 11.3 Å². The fourth-order valence-electron chi connectivity index (χ4n) is 1.55. The van der Waals surface area contributed by atoms with Crippen LogP contribution in [0.2, 0.25) is 5.02 Å². The van der Waals surface area contributed by atoms with Crippen molar-refractivity contribution < 1.29 is 9.72 Å². The molecule has 0 spiro atoms. The standard InChI is InChI=1S/C12H10ClN3O3S/c1-7-11(20-6-15-7)5-14-12(17)9-4-8(16(18)19)2-3-10(9)13/h2-4,6H,5H2,1H3,(H,14,17). The summed E-state index contributed by atoms with van der Waals surface area (Å²) in [6, 6.07) is 3.76. The first kappa shape index (κ1) is 14.4. The molecule has 0 saturated heterocycles. The van der Waals surface area contributed by atoms with Crippen molar-refractivity contribution in [1.29, 1.82) is 0 Å². The Morgan fingerprint density at radius 1 is 1.55 bits per heavy atom. The number of nitrogens with one attached hydrogen (secondary N) is 1. The van der Waals surface area contributed by atoms with E-state index in [4.69, 9.17) is 11.6 Å². The van der Waals surface area contributed by atoms with Gasteiger partial charge in [-0.1, -0.05) is 11.6 Å². The van der Waals surface area contributed by atoms with E-state index in [0.717, 1.165) is 16.6 Å². The number of benzene rings is 1. The molecule has 0 bridgehead atoms. The molecule has 20 heavy (non-hydrogen) atoms. The number of rotatable bonds is 4. The zero-order valence-electron chi connectivity index (χ0n) is 10.4. The fourth-order valence-corrected chi connectivity index (χ4v) is 2.47. The van der Waals surface area contributed by atoms with Gasteiger partial charge < -0.3 is 5.32 Å². The number of nitrogens with zero attached hydrogens (tertiary/aromatic N) is 2. The third kappa shape index (κ3) is 3.12. The Morgan fingerprint density at radius 3 is 2.90 bits per heavy atom. The molecular weight excluding hydrogens is 302 g/mol. The summed E-state index contributed by atoms with van der Waals surface area (Å²) in [4.78, 5) is 27.1. The van der Waals surface area contributed by atoms with E-state index < -0.39 is 10.8 Å². The summed E-state index contributed by atoms with van der Waals surface area (Å²) < 4.78 is 0. The lowest BCUT2D eigenvalue weighted by molar-refractivity contribution is -0.384. The first-order chi connectivity index (χ1) is 9.49. The number of hydrogen-bond acceptors (Lipinski definition) is 5. The number of amides is 1. The molecule has 0 radical (unpaired) electrons. The molecule has 104 valence electrons. The van der Waals surface area contributed by atoms with Gasteiger partial charge in [-0.2, -0.15) is 0 Å². The second-order valence-corrected chi connectivity index (χ2v) is 5.31. The van der Waals surface area contributed by atoms with Crippen LogP contribution in [0.5, 0.6) is 0 Å². The lowest BCUT2D eigenvalue weighted by Gasteiger charge is -2.06. The zero-order chi connectivity index (χ0) is 14.7. The highest BCUT2D eigenvalue weighted by Gasteiger charge is 2.16. The van der Waals surface area contributed by atoms with Crippen LogP contribution in [0.15, 0.2) is 23.7 Å². The predicted octanol–water partition coefficient (Wildman–Crippen LogP) is 2.94. The molecule has 8 heteroatoms. The molecular formula is C12H10ClN3O3S. The molecule has 0 aliphatic rings. The van der Waals surface area contributed by atoms with E-state index in [1.54, 1.807) is 5.51 Å². The van der Waals surface area contributed by atoms with Gasteiger partial charge in [0.1, 0.15) is 0 Å². The topological polar surface area (TPSA) is 85.1 Å². The molecule has 1 aromatic carbocycles. The van der Waals surface area contributed by atoms with Crippen molar-refractivity contribution in [3.63, 3.8) is 0 Å². The monoisotopic (exact) mass is 311 g/mol. The van der Waals surface area contributed by atoms with Gasteiger partial charge in [0.2, 0.25) is 0 Å². The SMILES string of the molecule is Cc1ncsc1CNC(=O)c1cc([N+](=O)[O-])ccc1Cl. The van der Waals surface area contributed by atoms with Gasteiger partial charge in [-0.3, -0.25) is 14.9 Å². The molecule has 0 atom stereocenters. The van der Waals surface area contributed by atoms with Crippen molar-refractivity contribution in [2.45, 2.75) is 13.5 Å². The number of carbonyl (C=O) groups is 1. The molecule has 0 saturated carbocycles. The number of non-ortho nitro benzene ring substituents is 1. The van der Waals surface area contributed by atoms with Crippen LogP contribution in [0.1, 0.15) is 20.9 Å². The summed E-state index contributed by atoms with van der Waals surface area (Å²) in [5.41, 5.74) is 2.45. The minimum atomic E-state index is -0.569. The molecule has 6 nitrogen and oxygen atoms in total. The molecule has 1 aromatic heterocycles. The quantitative estimate of drug-likeness (QED) is 0.695. The van der Waals surface area contributed by atoms with E-state index >= 15 is 0 Å². The van der Waals surface area contributed by atoms with E-state index in [-0.39, 0.29) is 16.3 Å². The number of aromatic nitrogens is 1. The molecule has 0 unspecified atom stereocenters. The minimum absolute atomic E-state index is 0.0861. The Labute approximate surface area is 123 Å². The van der Waals surface area contributed by atoms with Crippen molar-refractivity contribution >= 4 is 34.5 Å². The molecule has 0 aliphatic carbocycles. The smallest absolute Gasteiger partial charge is 0.270 e. The van der Waals surface area contributed by atoms with E-state index in [1.165, 1.54) is 23.5 Å². The van der Waals surface area contributed by atoms with E-state index in [2.05, 4.69) is 10.3 Å². The first-order valence-electron chi connectivity index (χ1n) is 5.60. The summed E-state index contributed by atoms with van der Waals surface area (Å²) in [5, 5.41) is 13.5. The minimum Gasteiger partial charge on any atom is -0.347 e. The third-order valence-electron chi connectivity index (χ3n) is 2.66. The predicted molar refractivity (Wildman–Crippen MR) is 76.1 cm³/mol.